The number of aliphatic hydroxyl groups excluding tert-OH is 1. The first-order valence-electron chi connectivity index (χ1n) is 3.29. The van der Waals surface area contributed by atoms with Crippen LogP contribution in [-0.2, 0) is 4.74 Å². The lowest BCUT2D eigenvalue weighted by atomic mass is 10.5. The zero-order valence-electron chi connectivity index (χ0n) is 8.09. The van der Waals surface area contributed by atoms with Gasteiger partial charge in [-0.25, -0.2) is 0 Å². The van der Waals surface area contributed by atoms with E-state index in [0.717, 1.165) is 11.0 Å². The molecule has 11 heavy (non-hydrogen) atoms. The van der Waals surface area contributed by atoms with Gasteiger partial charge < -0.3 is 38.3 Å². The molecular formula is C7H20INO2. The first kappa shape index (κ1) is 17.6. The standard InChI is InChI=1S/C5H14NO.C2H6O.HI/c1-6(2,3)4-5-7;1-3-2;/h7H,4-5H2,1-3H3;1-2H3;1H/q+1;;/p-1. The fourth-order valence-corrected chi connectivity index (χ4v) is 0.300. The lowest BCUT2D eigenvalue weighted by Gasteiger charge is -2.21. The Balaban J connectivity index is -0.000000140. The normalized spacial score (nSPS) is 9.27. The van der Waals surface area contributed by atoms with Crippen LogP contribution in [0.5, 0.6) is 0 Å². The average molecular weight is 277 g/mol. The molecule has 0 heterocycles. The van der Waals surface area contributed by atoms with Crippen molar-refractivity contribution >= 4 is 0 Å². The van der Waals surface area contributed by atoms with Gasteiger partial charge in [0.05, 0.1) is 27.7 Å². The Morgan fingerprint density at radius 2 is 1.45 bits per heavy atom. The number of nitrogens with zero attached hydrogens (tertiary/aromatic N) is 1. The van der Waals surface area contributed by atoms with Gasteiger partial charge in [0.1, 0.15) is 6.54 Å². The number of rotatable bonds is 2. The zero-order chi connectivity index (χ0) is 8.62. The first-order valence-corrected chi connectivity index (χ1v) is 3.29. The number of hydrogen-bond donors (Lipinski definition) is 1. The third-order valence-electron chi connectivity index (χ3n) is 0.771. The molecule has 1 N–H and O–H groups in total. The van der Waals surface area contributed by atoms with Crippen molar-refractivity contribution in [3.05, 3.63) is 0 Å². The molecule has 4 heteroatoms. The van der Waals surface area contributed by atoms with E-state index in [1.807, 2.05) is 0 Å². The Kier molecular flexibility index (Phi) is 17.0. The fourth-order valence-electron chi connectivity index (χ4n) is 0.300. The lowest BCUT2D eigenvalue weighted by Crippen LogP contribution is -3.00. The van der Waals surface area contributed by atoms with Gasteiger partial charge in [-0.3, -0.25) is 0 Å². The summed E-state index contributed by atoms with van der Waals surface area (Å²) in [5.74, 6) is 0. The Hall–Kier alpha value is 0.610. The maximum absolute atomic E-state index is 8.39. The van der Waals surface area contributed by atoms with Crippen molar-refractivity contribution in [1.82, 2.24) is 0 Å². The summed E-state index contributed by atoms with van der Waals surface area (Å²) >= 11 is 0. The number of ether oxygens (including phenoxy) is 1. The lowest BCUT2D eigenvalue weighted by molar-refractivity contribution is -0.870. The molecular weight excluding hydrogens is 257 g/mol. The molecule has 3 nitrogen and oxygen atoms in total. The molecule has 0 spiro atoms. The summed E-state index contributed by atoms with van der Waals surface area (Å²) < 4.78 is 5.09. The Morgan fingerprint density at radius 3 is 1.45 bits per heavy atom. The van der Waals surface area contributed by atoms with Crippen molar-refractivity contribution < 1.29 is 38.3 Å². The smallest absolute Gasteiger partial charge is 0.101 e. The van der Waals surface area contributed by atoms with Gasteiger partial charge in [0.25, 0.3) is 0 Å². The van der Waals surface area contributed by atoms with Gasteiger partial charge in [-0.05, 0) is 0 Å². The fraction of sp³-hybridized carbons (Fsp3) is 1.00. The van der Waals surface area contributed by atoms with Crippen LogP contribution >= 0.6 is 0 Å². The minimum Gasteiger partial charge on any atom is -1.00 e. The van der Waals surface area contributed by atoms with Crippen molar-refractivity contribution in [2.75, 3.05) is 48.5 Å². The monoisotopic (exact) mass is 277 g/mol. The maximum Gasteiger partial charge on any atom is 0.101 e. The van der Waals surface area contributed by atoms with Crippen LogP contribution < -0.4 is 24.0 Å². The highest BCUT2D eigenvalue weighted by Gasteiger charge is 2.02. The van der Waals surface area contributed by atoms with Crippen molar-refractivity contribution in [3.8, 4) is 0 Å². The molecule has 0 aromatic heterocycles. The van der Waals surface area contributed by atoms with E-state index in [2.05, 4.69) is 25.9 Å². The Labute approximate surface area is 87.0 Å². The molecule has 0 amide bonds. The third-order valence-corrected chi connectivity index (χ3v) is 0.771. The molecule has 0 saturated heterocycles. The van der Waals surface area contributed by atoms with Crippen LogP contribution in [0.1, 0.15) is 0 Å². The highest BCUT2D eigenvalue weighted by molar-refractivity contribution is 4.19. The van der Waals surface area contributed by atoms with Gasteiger partial charge in [0.15, 0.2) is 0 Å². The molecule has 0 fully saturated rings. The minimum absolute atomic E-state index is 0. The summed E-state index contributed by atoms with van der Waals surface area (Å²) in [4.78, 5) is 0. The van der Waals surface area contributed by atoms with E-state index in [4.69, 9.17) is 5.11 Å². The molecule has 0 aliphatic carbocycles. The summed E-state index contributed by atoms with van der Waals surface area (Å²) in [5, 5.41) is 8.39. The van der Waals surface area contributed by atoms with Crippen LogP contribution in [0.2, 0.25) is 0 Å². The van der Waals surface area contributed by atoms with Crippen molar-refractivity contribution in [2.24, 2.45) is 0 Å². The third kappa shape index (κ3) is 37.0. The molecule has 0 unspecified atom stereocenters. The highest BCUT2D eigenvalue weighted by Crippen LogP contribution is 1.84. The molecule has 0 aromatic rings. The molecule has 0 rings (SSSR count). The zero-order valence-corrected chi connectivity index (χ0v) is 10.3. The molecule has 0 aliphatic heterocycles. The van der Waals surface area contributed by atoms with E-state index >= 15 is 0 Å². The molecule has 0 saturated carbocycles. The second-order valence-electron chi connectivity index (χ2n) is 3.15. The summed E-state index contributed by atoms with van der Waals surface area (Å²) in [7, 11) is 9.41. The number of hydrogen-bond acceptors (Lipinski definition) is 2. The van der Waals surface area contributed by atoms with E-state index in [-0.39, 0.29) is 30.6 Å². The first-order chi connectivity index (χ1) is 4.47. The van der Waals surface area contributed by atoms with Gasteiger partial charge >= 0.3 is 0 Å². The predicted molar refractivity (Wildman–Crippen MR) is 42.9 cm³/mol. The number of quaternary nitrogens is 1. The van der Waals surface area contributed by atoms with E-state index in [1.165, 1.54) is 0 Å². The van der Waals surface area contributed by atoms with Crippen LogP contribution in [0.25, 0.3) is 0 Å². The van der Waals surface area contributed by atoms with E-state index in [0.29, 0.717) is 0 Å². The highest BCUT2D eigenvalue weighted by atomic mass is 127. The van der Waals surface area contributed by atoms with E-state index in [1.54, 1.807) is 14.2 Å². The summed E-state index contributed by atoms with van der Waals surface area (Å²) in [6.07, 6.45) is 0. The molecule has 0 radical (unpaired) electrons. The number of aliphatic hydroxyl groups is 1. The molecule has 72 valence electrons. The van der Waals surface area contributed by atoms with Crippen molar-refractivity contribution in [1.29, 1.82) is 0 Å². The van der Waals surface area contributed by atoms with Gasteiger partial charge in [-0.15, -0.1) is 0 Å². The van der Waals surface area contributed by atoms with Crippen LogP contribution in [0.4, 0.5) is 0 Å². The summed E-state index contributed by atoms with van der Waals surface area (Å²) in [6.45, 7) is 1.11. The summed E-state index contributed by atoms with van der Waals surface area (Å²) in [5.41, 5.74) is 0. The largest absolute Gasteiger partial charge is 1.00 e. The topological polar surface area (TPSA) is 29.5 Å². The van der Waals surface area contributed by atoms with Crippen LogP contribution in [-0.4, -0.2) is 58.1 Å². The van der Waals surface area contributed by atoms with E-state index < -0.39 is 0 Å². The van der Waals surface area contributed by atoms with Crippen molar-refractivity contribution in [2.45, 2.75) is 0 Å². The summed E-state index contributed by atoms with van der Waals surface area (Å²) in [6, 6.07) is 0. The molecule has 0 bridgehead atoms. The number of likely N-dealkylation sites (N-methyl/N-ethyl adjacent to an activating group) is 1. The second-order valence-corrected chi connectivity index (χ2v) is 3.15. The SMILES string of the molecule is COC.C[N+](C)(C)CCO.[I-]. The van der Waals surface area contributed by atoms with Crippen LogP contribution in [0, 0.1) is 0 Å². The van der Waals surface area contributed by atoms with Crippen LogP contribution in [0.3, 0.4) is 0 Å². The number of halogens is 1. The van der Waals surface area contributed by atoms with Gasteiger partial charge in [0.2, 0.25) is 0 Å². The molecule has 0 aromatic carbocycles. The predicted octanol–water partition coefficient (Wildman–Crippen LogP) is -3.05. The van der Waals surface area contributed by atoms with Crippen LogP contribution in [0.15, 0.2) is 0 Å². The average Bonchev–Trinajstić information content (AvgIpc) is 1.63. The Morgan fingerprint density at radius 1 is 1.18 bits per heavy atom. The second kappa shape index (κ2) is 10.6. The Bertz CT molecular complexity index is 64.0. The molecule has 0 aliphatic rings. The number of methoxy groups -OCH3 is 1. The van der Waals surface area contributed by atoms with Gasteiger partial charge in [-0.2, -0.15) is 0 Å². The molecule has 0 atom stereocenters. The minimum atomic E-state index is 0. The quantitative estimate of drug-likeness (QED) is 0.429. The van der Waals surface area contributed by atoms with Gasteiger partial charge in [-0.1, -0.05) is 0 Å². The van der Waals surface area contributed by atoms with E-state index in [9.17, 15) is 0 Å². The van der Waals surface area contributed by atoms with Crippen molar-refractivity contribution in [3.63, 3.8) is 0 Å². The van der Waals surface area contributed by atoms with Gasteiger partial charge in [0, 0.05) is 14.2 Å². The maximum atomic E-state index is 8.39.